The number of ether oxygens (including phenoxy) is 1. The lowest BCUT2D eigenvalue weighted by Crippen LogP contribution is -2.52. The third-order valence-electron chi connectivity index (χ3n) is 5.11. The summed E-state index contributed by atoms with van der Waals surface area (Å²) in [4.78, 5) is 24.9. The largest absolute Gasteiger partial charge is 0.497 e. The van der Waals surface area contributed by atoms with E-state index < -0.39 is 31.6 Å². The van der Waals surface area contributed by atoms with Gasteiger partial charge in [-0.05, 0) is 37.8 Å². The van der Waals surface area contributed by atoms with Crippen LogP contribution in [-0.4, -0.2) is 61.2 Å². The lowest BCUT2D eigenvalue weighted by molar-refractivity contribution is -0.387. The van der Waals surface area contributed by atoms with Crippen LogP contribution in [0.1, 0.15) is 32.1 Å². The first-order valence-electron chi connectivity index (χ1n) is 8.99. The highest BCUT2D eigenvalue weighted by Crippen LogP contribution is 2.34. The second-order valence-electron chi connectivity index (χ2n) is 6.75. The molecule has 1 unspecified atom stereocenters. The summed E-state index contributed by atoms with van der Waals surface area (Å²) in [5.41, 5.74) is -0.549. The van der Waals surface area contributed by atoms with Crippen LogP contribution >= 0.6 is 0 Å². The Labute approximate surface area is 158 Å². The Morgan fingerprint density at radius 1 is 1.19 bits per heavy atom. The summed E-state index contributed by atoms with van der Waals surface area (Å²) in [5, 5.41) is 11.4. The molecule has 0 aliphatic carbocycles. The highest BCUT2D eigenvalue weighted by Gasteiger charge is 2.42. The molecule has 0 spiro atoms. The highest BCUT2D eigenvalue weighted by atomic mass is 32.2. The number of hydrogen-bond acceptors (Lipinski definition) is 6. The Morgan fingerprint density at radius 3 is 2.48 bits per heavy atom. The molecule has 0 radical (unpaired) electrons. The van der Waals surface area contributed by atoms with Crippen LogP contribution in [0.2, 0.25) is 0 Å². The van der Waals surface area contributed by atoms with Crippen LogP contribution in [0.5, 0.6) is 5.75 Å². The number of nitro benzene ring substituents is 1. The van der Waals surface area contributed by atoms with Crippen molar-refractivity contribution in [2.45, 2.75) is 43.0 Å². The number of sulfonamides is 1. The molecule has 3 rings (SSSR count). The van der Waals surface area contributed by atoms with Gasteiger partial charge in [0.25, 0.3) is 15.7 Å². The fourth-order valence-corrected chi connectivity index (χ4v) is 5.49. The van der Waals surface area contributed by atoms with Crippen molar-refractivity contribution in [1.29, 1.82) is 0 Å². The minimum Gasteiger partial charge on any atom is -0.497 e. The second-order valence-corrected chi connectivity index (χ2v) is 8.61. The molecule has 9 nitrogen and oxygen atoms in total. The van der Waals surface area contributed by atoms with Crippen molar-refractivity contribution < 1.29 is 22.9 Å². The van der Waals surface area contributed by atoms with Crippen molar-refractivity contribution in [1.82, 2.24) is 9.21 Å². The van der Waals surface area contributed by atoms with E-state index in [1.54, 1.807) is 4.90 Å². The fourth-order valence-electron chi connectivity index (χ4n) is 3.70. The van der Waals surface area contributed by atoms with Gasteiger partial charge in [0.05, 0.1) is 18.1 Å². The summed E-state index contributed by atoms with van der Waals surface area (Å²) >= 11 is 0. The van der Waals surface area contributed by atoms with Crippen LogP contribution in [0.4, 0.5) is 5.69 Å². The number of nitro groups is 1. The Bertz CT molecular complexity index is 835. The van der Waals surface area contributed by atoms with E-state index in [9.17, 15) is 23.3 Å². The van der Waals surface area contributed by atoms with E-state index in [0.29, 0.717) is 25.9 Å². The van der Waals surface area contributed by atoms with Crippen molar-refractivity contribution >= 4 is 21.6 Å². The maximum atomic E-state index is 13.3. The van der Waals surface area contributed by atoms with Crippen molar-refractivity contribution in [3.8, 4) is 5.75 Å². The number of carbonyl (C=O) groups excluding carboxylic acids is 1. The summed E-state index contributed by atoms with van der Waals surface area (Å²) in [7, 11) is -2.85. The standard InChI is InChI=1S/C17H23N3O6S/c1-26-13-7-8-16(15(12-13)20(22)23)27(24,25)19-11-3-2-6-14(19)17(21)18-9-4-5-10-18/h7-8,12,14H,2-6,9-11H2,1H3. The molecule has 0 saturated carbocycles. The number of piperidine rings is 1. The molecular weight excluding hydrogens is 374 g/mol. The van der Waals surface area contributed by atoms with Crippen molar-refractivity contribution in [2.24, 2.45) is 0 Å². The highest BCUT2D eigenvalue weighted by molar-refractivity contribution is 7.89. The van der Waals surface area contributed by atoms with E-state index in [4.69, 9.17) is 4.74 Å². The molecule has 2 fully saturated rings. The van der Waals surface area contributed by atoms with Gasteiger partial charge < -0.3 is 9.64 Å². The molecule has 1 aromatic rings. The third kappa shape index (κ3) is 3.77. The number of nitrogens with zero attached hydrogens (tertiary/aromatic N) is 3. The average molecular weight is 397 g/mol. The number of rotatable bonds is 5. The molecule has 27 heavy (non-hydrogen) atoms. The van der Waals surface area contributed by atoms with E-state index in [1.165, 1.54) is 19.2 Å². The lowest BCUT2D eigenvalue weighted by atomic mass is 10.0. The number of carbonyl (C=O) groups is 1. The molecule has 2 aliphatic rings. The van der Waals surface area contributed by atoms with Gasteiger partial charge in [-0.15, -0.1) is 0 Å². The molecule has 0 aromatic heterocycles. The predicted molar refractivity (Wildman–Crippen MR) is 97.0 cm³/mol. The van der Waals surface area contributed by atoms with Gasteiger partial charge in [-0.3, -0.25) is 14.9 Å². The number of amides is 1. The summed E-state index contributed by atoms with van der Waals surface area (Å²) in [5.74, 6) is -0.00377. The van der Waals surface area contributed by atoms with Crippen LogP contribution in [0, 0.1) is 10.1 Å². The van der Waals surface area contributed by atoms with Gasteiger partial charge in [-0.25, -0.2) is 8.42 Å². The quantitative estimate of drug-likeness (QED) is 0.553. The van der Waals surface area contributed by atoms with Gasteiger partial charge in [0.1, 0.15) is 11.8 Å². The van der Waals surface area contributed by atoms with Crippen LogP contribution < -0.4 is 4.74 Å². The molecule has 1 aromatic carbocycles. The summed E-state index contributed by atoms with van der Waals surface area (Å²) in [6, 6.07) is 2.84. The molecule has 1 atom stereocenters. The molecule has 0 bridgehead atoms. The number of benzene rings is 1. The van der Waals surface area contributed by atoms with Gasteiger partial charge in [0.2, 0.25) is 5.91 Å². The van der Waals surface area contributed by atoms with E-state index >= 15 is 0 Å². The van der Waals surface area contributed by atoms with E-state index in [1.807, 2.05) is 0 Å². The zero-order valence-electron chi connectivity index (χ0n) is 15.2. The van der Waals surface area contributed by atoms with Gasteiger partial charge in [0.15, 0.2) is 4.90 Å². The van der Waals surface area contributed by atoms with Crippen LogP contribution in [0.15, 0.2) is 23.1 Å². The first-order chi connectivity index (χ1) is 12.9. The Morgan fingerprint density at radius 2 is 1.85 bits per heavy atom. The molecule has 10 heteroatoms. The maximum Gasteiger partial charge on any atom is 0.293 e. The van der Waals surface area contributed by atoms with Gasteiger partial charge in [0, 0.05) is 19.6 Å². The smallest absolute Gasteiger partial charge is 0.293 e. The van der Waals surface area contributed by atoms with Crippen LogP contribution in [0.3, 0.4) is 0 Å². The first-order valence-corrected chi connectivity index (χ1v) is 10.4. The van der Waals surface area contributed by atoms with Gasteiger partial charge in [-0.2, -0.15) is 4.31 Å². The van der Waals surface area contributed by atoms with Gasteiger partial charge in [-0.1, -0.05) is 6.42 Å². The molecule has 0 N–H and O–H groups in total. The number of methoxy groups -OCH3 is 1. The maximum absolute atomic E-state index is 13.3. The summed E-state index contributed by atoms with van der Waals surface area (Å²) in [6.07, 6.45) is 3.62. The van der Waals surface area contributed by atoms with E-state index in [-0.39, 0.29) is 18.2 Å². The zero-order valence-corrected chi connectivity index (χ0v) is 16.0. The van der Waals surface area contributed by atoms with Crippen molar-refractivity contribution in [3.05, 3.63) is 28.3 Å². The summed E-state index contributed by atoms with van der Waals surface area (Å²) in [6.45, 7) is 1.44. The molecule has 2 saturated heterocycles. The molecule has 2 heterocycles. The third-order valence-corrected chi connectivity index (χ3v) is 7.06. The first kappa shape index (κ1) is 19.6. The molecule has 148 valence electrons. The number of likely N-dealkylation sites (tertiary alicyclic amines) is 1. The van der Waals surface area contributed by atoms with E-state index in [2.05, 4.69) is 0 Å². The fraction of sp³-hybridized carbons (Fsp3) is 0.588. The van der Waals surface area contributed by atoms with Crippen molar-refractivity contribution in [2.75, 3.05) is 26.7 Å². The normalized spacial score (nSPS) is 21.2. The topological polar surface area (TPSA) is 110 Å². The summed E-state index contributed by atoms with van der Waals surface area (Å²) < 4.78 is 32.6. The predicted octanol–water partition coefficient (Wildman–Crippen LogP) is 1.77. The lowest BCUT2D eigenvalue weighted by Gasteiger charge is -2.35. The minimum absolute atomic E-state index is 0.176. The zero-order chi connectivity index (χ0) is 19.6. The average Bonchev–Trinajstić information content (AvgIpc) is 3.21. The van der Waals surface area contributed by atoms with Crippen LogP contribution in [-0.2, 0) is 14.8 Å². The molecule has 1 amide bonds. The Hall–Kier alpha value is -2.20. The monoisotopic (exact) mass is 397 g/mol. The minimum atomic E-state index is -4.20. The van der Waals surface area contributed by atoms with Crippen molar-refractivity contribution in [3.63, 3.8) is 0 Å². The Balaban J connectivity index is 1.99. The second kappa shape index (κ2) is 7.81. The van der Waals surface area contributed by atoms with Gasteiger partial charge >= 0.3 is 0 Å². The molecule has 2 aliphatic heterocycles. The van der Waals surface area contributed by atoms with E-state index in [0.717, 1.165) is 29.6 Å². The Kier molecular flexibility index (Phi) is 5.66. The SMILES string of the molecule is COc1ccc(S(=O)(=O)N2CCCCC2C(=O)N2CCCC2)c([N+](=O)[O-])c1. The molecular formula is C17H23N3O6S. The van der Waals surface area contributed by atoms with Crippen LogP contribution in [0.25, 0.3) is 0 Å². The number of hydrogen-bond donors (Lipinski definition) is 0.